The second kappa shape index (κ2) is 5.19. The zero-order chi connectivity index (χ0) is 15.0. The van der Waals surface area contributed by atoms with E-state index < -0.39 is 10.0 Å². The lowest BCUT2D eigenvalue weighted by Gasteiger charge is -2.17. The van der Waals surface area contributed by atoms with Gasteiger partial charge in [-0.1, -0.05) is 0 Å². The molecule has 0 aliphatic carbocycles. The van der Waals surface area contributed by atoms with Gasteiger partial charge in [-0.05, 0) is 18.1 Å². The molecule has 21 heavy (non-hydrogen) atoms. The zero-order valence-electron chi connectivity index (χ0n) is 11.5. The molecule has 0 bridgehead atoms. The molecule has 7 nitrogen and oxygen atoms in total. The number of carbonyl (C=O) groups is 1. The van der Waals surface area contributed by atoms with E-state index in [1.54, 1.807) is 23.1 Å². The van der Waals surface area contributed by atoms with Crippen molar-refractivity contribution in [2.24, 2.45) is 5.92 Å². The fraction of sp³-hybridized carbons (Fsp3) is 0.462. The second-order valence-electron chi connectivity index (χ2n) is 5.23. The average Bonchev–Trinajstić information content (AvgIpc) is 3.00. The van der Waals surface area contributed by atoms with E-state index in [1.807, 2.05) is 0 Å². The maximum Gasteiger partial charge on any atom is 0.231 e. The predicted octanol–water partition coefficient (Wildman–Crippen LogP) is 0.317. The van der Waals surface area contributed by atoms with Gasteiger partial charge in [0.1, 0.15) is 0 Å². The van der Waals surface area contributed by atoms with Gasteiger partial charge in [-0.25, -0.2) is 13.1 Å². The summed E-state index contributed by atoms with van der Waals surface area (Å²) in [5.41, 5.74) is 0.742. The minimum atomic E-state index is -3.24. The van der Waals surface area contributed by atoms with Crippen LogP contribution in [0.15, 0.2) is 18.2 Å². The van der Waals surface area contributed by atoms with Crippen molar-refractivity contribution in [2.75, 3.05) is 31.0 Å². The van der Waals surface area contributed by atoms with Crippen LogP contribution in [0.2, 0.25) is 0 Å². The van der Waals surface area contributed by atoms with Crippen molar-refractivity contribution in [3.63, 3.8) is 0 Å². The van der Waals surface area contributed by atoms with Crippen LogP contribution in [0.3, 0.4) is 0 Å². The Labute approximate surface area is 122 Å². The topological polar surface area (TPSA) is 84.9 Å². The second-order valence-corrected chi connectivity index (χ2v) is 7.07. The maximum absolute atomic E-state index is 12.1. The fourth-order valence-electron chi connectivity index (χ4n) is 2.49. The molecule has 1 amide bonds. The summed E-state index contributed by atoms with van der Waals surface area (Å²) in [7, 11) is -3.24. The quantitative estimate of drug-likeness (QED) is 0.865. The number of nitrogens with one attached hydrogen (secondary N) is 1. The van der Waals surface area contributed by atoms with E-state index in [0.717, 1.165) is 11.9 Å². The van der Waals surface area contributed by atoms with E-state index in [1.165, 1.54) is 0 Å². The van der Waals surface area contributed by atoms with Crippen molar-refractivity contribution in [3.05, 3.63) is 18.2 Å². The monoisotopic (exact) mass is 312 g/mol. The highest BCUT2D eigenvalue weighted by Gasteiger charge is 2.31. The number of ether oxygens (including phenoxy) is 2. The van der Waals surface area contributed by atoms with Crippen LogP contribution in [-0.4, -0.2) is 40.5 Å². The Balaban J connectivity index is 1.70. The van der Waals surface area contributed by atoms with Crippen LogP contribution >= 0.6 is 0 Å². The Hall–Kier alpha value is -1.80. The number of amides is 1. The molecule has 2 aliphatic heterocycles. The molecule has 1 N–H and O–H groups in total. The summed E-state index contributed by atoms with van der Waals surface area (Å²) in [5.74, 6) is 1.24. The first-order valence-electron chi connectivity index (χ1n) is 6.57. The van der Waals surface area contributed by atoms with Gasteiger partial charge >= 0.3 is 0 Å². The van der Waals surface area contributed by atoms with Crippen molar-refractivity contribution in [3.8, 4) is 11.5 Å². The summed E-state index contributed by atoms with van der Waals surface area (Å²) in [4.78, 5) is 13.7. The van der Waals surface area contributed by atoms with Crippen LogP contribution in [0.1, 0.15) is 6.42 Å². The van der Waals surface area contributed by atoms with Crippen LogP contribution in [0.5, 0.6) is 11.5 Å². The lowest BCUT2D eigenvalue weighted by Crippen LogP contribution is -2.30. The van der Waals surface area contributed by atoms with E-state index in [2.05, 4.69) is 4.72 Å². The zero-order valence-corrected chi connectivity index (χ0v) is 12.4. The summed E-state index contributed by atoms with van der Waals surface area (Å²) in [6.07, 6.45) is 1.44. The largest absolute Gasteiger partial charge is 0.454 e. The van der Waals surface area contributed by atoms with Crippen molar-refractivity contribution >= 4 is 21.6 Å². The van der Waals surface area contributed by atoms with Gasteiger partial charge in [0.25, 0.3) is 0 Å². The standard InChI is InChI=1S/C13H16N2O5S/c1-21(17,18)14-6-9-4-13(16)15(7-9)10-2-3-11-12(5-10)20-8-19-11/h2-3,5,9,14H,4,6-8H2,1H3/t9-/m1/s1. The van der Waals surface area contributed by atoms with E-state index in [0.29, 0.717) is 24.5 Å². The Morgan fingerprint density at radius 1 is 1.33 bits per heavy atom. The normalized spacial score (nSPS) is 21.1. The molecule has 1 aromatic rings. The van der Waals surface area contributed by atoms with Gasteiger partial charge in [0.05, 0.1) is 6.26 Å². The van der Waals surface area contributed by atoms with E-state index in [9.17, 15) is 13.2 Å². The average molecular weight is 312 g/mol. The number of fused-ring (bicyclic) bond motifs is 1. The molecule has 2 heterocycles. The Kier molecular flexibility index (Phi) is 3.50. The number of nitrogens with zero attached hydrogens (tertiary/aromatic N) is 1. The molecule has 0 spiro atoms. The van der Waals surface area contributed by atoms with E-state index >= 15 is 0 Å². The third-order valence-corrected chi connectivity index (χ3v) is 4.20. The molecule has 8 heteroatoms. The predicted molar refractivity (Wildman–Crippen MR) is 75.9 cm³/mol. The smallest absolute Gasteiger partial charge is 0.231 e. The number of benzene rings is 1. The summed E-state index contributed by atoms with van der Waals surface area (Å²) >= 11 is 0. The lowest BCUT2D eigenvalue weighted by molar-refractivity contribution is -0.117. The van der Waals surface area contributed by atoms with Gasteiger partial charge < -0.3 is 14.4 Å². The number of hydrogen-bond acceptors (Lipinski definition) is 5. The summed E-state index contributed by atoms with van der Waals surface area (Å²) in [6, 6.07) is 5.34. The van der Waals surface area contributed by atoms with Crippen LogP contribution in [-0.2, 0) is 14.8 Å². The number of sulfonamides is 1. The van der Waals surface area contributed by atoms with Crippen molar-refractivity contribution in [1.82, 2.24) is 4.72 Å². The highest BCUT2D eigenvalue weighted by molar-refractivity contribution is 7.88. The molecule has 114 valence electrons. The molecular formula is C13H16N2O5S. The first-order valence-corrected chi connectivity index (χ1v) is 8.46. The molecule has 2 aliphatic rings. The van der Waals surface area contributed by atoms with Gasteiger partial charge in [-0.15, -0.1) is 0 Å². The molecule has 0 radical (unpaired) electrons. The summed E-state index contributed by atoms with van der Waals surface area (Å²) in [5, 5.41) is 0. The van der Waals surface area contributed by atoms with Gasteiger partial charge in [-0.3, -0.25) is 4.79 Å². The Morgan fingerprint density at radius 2 is 2.10 bits per heavy atom. The van der Waals surface area contributed by atoms with Crippen LogP contribution < -0.4 is 19.1 Å². The first-order chi connectivity index (χ1) is 9.92. The van der Waals surface area contributed by atoms with Crippen LogP contribution in [0, 0.1) is 5.92 Å². The molecule has 0 unspecified atom stereocenters. The van der Waals surface area contributed by atoms with Gasteiger partial charge in [0.15, 0.2) is 11.5 Å². The summed E-state index contributed by atoms with van der Waals surface area (Å²) in [6.45, 7) is 0.945. The van der Waals surface area contributed by atoms with Crippen molar-refractivity contribution < 1.29 is 22.7 Å². The highest BCUT2D eigenvalue weighted by atomic mass is 32.2. The van der Waals surface area contributed by atoms with Gasteiger partial charge in [0, 0.05) is 31.3 Å². The molecule has 1 aromatic carbocycles. The fourth-order valence-corrected chi connectivity index (χ4v) is 3.03. The minimum absolute atomic E-state index is 0.0193. The number of rotatable bonds is 4. The lowest BCUT2D eigenvalue weighted by atomic mass is 10.1. The maximum atomic E-state index is 12.1. The van der Waals surface area contributed by atoms with Crippen molar-refractivity contribution in [1.29, 1.82) is 0 Å². The van der Waals surface area contributed by atoms with E-state index in [-0.39, 0.29) is 25.2 Å². The van der Waals surface area contributed by atoms with Crippen molar-refractivity contribution in [2.45, 2.75) is 6.42 Å². The SMILES string of the molecule is CS(=O)(=O)NC[C@H]1CC(=O)N(c2ccc3c(c2)OCO3)C1. The first kappa shape index (κ1) is 14.2. The molecule has 1 fully saturated rings. The number of anilines is 1. The molecule has 3 rings (SSSR count). The van der Waals surface area contributed by atoms with Crippen LogP contribution in [0.4, 0.5) is 5.69 Å². The third-order valence-electron chi connectivity index (χ3n) is 3.51. The molecule has 1 saturated heterocycles. The molecule has 0 saturated carbocycles. The minimum Gasteiger partial charge on any atom is -0.454 e. The molecular weight excluding hydrogens is 296 g/mol. The Morgan fingerprint density at radius 3 is 2.86 bits per heavy atom. The summed E-state index contributed by atoms with van der Waals surface area (Å²) < 4.78 is 35.2. The number of hydrogen-bond donors (Lipinski definition) is 1. The van der Waals surface area contributed by atoms with Crippen LogP contribution in [0.25, 0.3) is 0 Å². The number of carbonyl (C=O) groups excluding carboxylic acids is 1. The molecule has 1 atom stereocenters. The molecule has 0 aromatic heterocycles. The third kappa shape index (κ3) is 3.11. The van der Waals surface area contributed by atoms with E-state index in [4.69, 9.17) is 9.47 Å². The van der Waals surface area contributed by atoms with Gasteiger partial charge in [0.2, 0.25) is 22.7 Å². The Bertz CT molecular complexity index is 673. The highest BCUT2D eigenvalue weighted by Crippen LogP contribution is 2.37. The van der Waals surface area contributed by atoms with Gasteiger partial charge in [-0.2, -0.15) is 0 Å².